The maximum Gasteiger partial charge on any atom is 0.211 e. The molecule has 0 heterocycles. The lowest BCUT2D eigenvalue weighted by atomic mass is 9.98. The van der Waals surface area contributed by atoms with E-state index in [2.05, 4.69) is 66.6 Å². The Kier molecular flexibility index (Phi) is 7.48. The van der Waals surface area contributed by atoms with Crippen molar-refractivity contribution in [3.63, 3.8) is 0 Å². The Labute approximate surface area is 156 Å². The van der Waals surface area contributed by atoms with E-state index in [1.807, 2.05) is 36.4 Å². The molecule has 0 aliphatic heterocycles. The summed E-state index contributed by atoms with van der Waals surface area (Å²) >= 11 is 3.09. The number of carbonyl (C=O) groups is 1. The Morgan fingerprint density at radius 2 is 1.64 bits per heavy atom. The number of nitrogens with zero attached hydrogens (tertiary/aromatic N) is 1. The lowest BCUT2D eigenvalue weighted by molar-refractivity contribution is -0.108. The molecule has 1 amide bonds. The molecule has 5 heteroatoms. The van der Waals surface area contributed by atoms with Gasteiger partial charge in [0, 0.05) is 29.2 Å². The monoisotopic (exact) mass is 395 g/mol. The fourth-order valence-electron chi connectivity index (χ4n) is 2.38. The lowest BCUT2D eigenvalue weighted by Gasteiger charge is -2.22. The van der Waals surface area contributed by atoms with E-state index in [1.165, 1.54) is 6.20 Å². The van der Waals surface area contributed by atoms with E-state index in [9.17, 15) is 4.79 Å². The van der Waals surface area contributed by atoms with Gasteiger partial charge in [-0.2, -0.15) is 0 Å². The van der Waals surface area contributed by atoms with Crippen LogP contribution in [0.2, 0.25) is 0 Å². The molecule has 0 aliphatic rings. The van der Waals surface area contributed by atoms with Crippen LogP contribution in [0.1, 0.15) is 17.2 Å². The van der Waals surface area contributed by atoms with Crippen molar-refractivity contribution in [2.24, 2.45) is 4.99 Å². The van der Waals surface area contributed by atoms with Gasteiger partial charge in [-0.05, 0) is 21.9 Å². The third kappa shape index (κ3) is 5.33. The van der Waals surface area contributed by atoms with Gasteiger partial charge in [-0.3, -0.25) is 9.79 Å². The topological polar surface area (TPSA) is 53.5 Å². The highest BCUT2D eigenvalue weighted by Gasteiger charge is 2.16. The third-order valence-electron chi connectivity index (χ3n) is 3.50. The minimum atomic E-state index is -0.0992. The van der Waals surface area contributed by atoms with Gasteiger partial charge >= 0.3 is 0 Å². The number of halogens is 1. The van der Waals surface area contributed by atoms with Crippen molar-refractivity contribution in [3.05, 3.63) is 83.6 Å². The molecule has 0 aromatic heterocycles. The van der Waals surface area contributed by atoms with Crippen molar-refractivity contribution in [1.82, 2.24) is 10.6 Å². The number of hydrogen-bond donors (Lipinski definition) is 2. The summed E-state index contributed by atoms with van der Waals surface area (Å²) in [4.78, 5) is 17.6. The van der Waals surface area contributed by atoms with Crippen molar-refractivity contribution in [2.75, 3.05) is 7.05 Å². The van der Waals surface area contributed by atoms with E-state index >= 15 is 0 Å². The number of hydrogen-bond acceptors (Lipinski definition) is 2. The zero-order chi connectivity index (χ0) is 17.9. The largest absolute Gasteiger partial charge is 0.358 e. The minimum absolute atomic E-state index is 0.0992. The van der Waals surface area contributed by atoms with Gasteiger partial charge in [-0.25, -0.2) is 0 Å². The zero-order valence-corrected chi connectivity index (χ0v) is 15.3. The Bertz CT molecular complexity index is 766. The SMILES string of the molecule is CN=C(NC(c1ccccc1)c1ccccc1)/C(C#CBr)=C\NC=O. The van der Waals surface area contributed by atoms with Crippen molar-refractivity contribution in [3.8, 4) is 10.8 Å². The van der Waals surface area contributed by atoms with Gasteiger partial charge < -0.3 is 10.6 Å². The highest BCUT2D eigenvalue weighted by Crippen LogP contribution is 2.22. The predicted molar refractivity (Wildman–Crippen MR) is 105 cm³/mol. The molecule has 2 aromatic carbocycles. The van der Waals surface area contributed by atoms with E-state index in [-0.39, 0.29) is 6.04 Å². The van der Waals surface area contributed by atoms with Crippen LogP contribution in [0.3, 0.4) is 0 Å². The summed E-state index contributed by atoms with van der Waals surface area (Å²) in [5.74, 6) is 3.47. The van der Waals surface area contributed by atoms with Crippen LogP contribution in [0, 0.1) is 10.8 Å². The van der Waals surface area contributed by atoms with Crippen molar-refractivity contribution >= 4 is 28.2 Å². The number of rotatable bonds is 6. The van der Waals surface area contributed by atoms with Gasteiger partial charge in [-0.1, -0.05) is 60.7 Å². The van der Waals surface area contributed by atoms with E-state index < -0.39 is 0 Å². The molecule has 4 nitrogen and oxygen atoms in total. The molecular weight excluding hydrogens is 378 g/mol. The Morgan fingerprint density at radius 3 is 2.08 bits per heavy atom. The smallest absolute Gasteiger partial charge is 0.211 e. The number of aliphatic imine (C=N–C) groups is 1. The van der Waals surface area contributed by atoms with Crippen molar-refractivity contribution in [1.29, 1.82) is 0 Å². The molecule has 2 aromatic rings. The standard InChI is InChI=1S/C20H18BrN3O/c1-22-20(18(12-13-21)14-23-15-25)24-19(16-8-4-2-5-9-16)17-10-6-3-7-11-17/h2-11,14-15,19H,1H3,(H,22,24)(H,23,25)/b18-14-. The molecule has 0 bridgehead atoms. The summed E-state index contributed by atoms with van der Waals surface area (Å²) in [5, 5.41) is 5.95. The van der Waals surface area contributed by atoms with Crippen LogP contribution in [-0.2, 0) is 4.79 Å². The van der Waals surface area contributed by atoms with Crippen LogP contribution in [0.15, 0.2) is 77.4 Å². The summed E-state index contributed by atoms with van der Waals surface area (Å²) in [7, 11) is 1.68. The fraction of sp³-hybridized carbons (Fsp3) is 0.100. The number of nitrogens with one attached hydrogen (secondary N) is 2. The van der Waals surface area contributed by atoms with Crippen LogP contribution in [-0.4, -0.2) is 19.3 Å². The van der Waals surface area contributed by atoms with Crippen LogP contribution in [0.25, 0.3) is 0 Å². The van der Waals surface area contributed by atoms with Gasteiger partial charge in [0.15, 0.2) is 0 Å². The summed E-state index contributed by atoms with van der Waals surface area (Å²) in [5.41, 5.74) is 2.78. The van der Waals surface area contributed by atoms with E-state index in [0.717, 1.165) is 11.1 Å². The molecule has 25 heavy (non-hydrogen) atoms. The molecule has 2 rings (SSSR count). The van der Waals surface area contributed by atoms with Gasteiger partial charge in [0.1, 0.15) is 5.84 Å². The molecule has 0 radical (unpaired) electrons. The van der Waals surface area contributed by atoms with Gasteiger partial charge in [0.25, 0.3) is 0 Å². The predicted octanol–water partition coefficient (Wildman–Crippen LogP) is 3.38. The summed E-state index contributed by atoms with van der Waals surface area (Å²) in [6.45, 7) is 0. The highest BCUT2D eigenvalue weighted by atomic mass is 79.9. The first-order chi connectivity index (χ1) is 12.3. The molecule has 126 valence electrons. The zero-order valence-electron chi connectivity index (χ0n) is 13.7. The van der Waals surface area contributed by atoms with Crippen molar-refractivity contribution in [2.45, 2.75) is 6.04 Å². The maximum absolute atomic E-state index is 10.6. The summed E-state index contributed by atoms with van der Waals surface area (Å²) in [6, 6.07) is 20.1. The van der Waals surface area contributed by atoms with E-state index in [4.69, 9.17) is 0 Å². The van der Waals surface area contributed by atoms with E-state index in [1.54, 1.807) is 7.05 Å². The van der Waals surface area contributed by atoms with Gasteiger partial charge in [0.2, 0.25) is 6.41 Å². The average molecular weight is 396 g/mol. The second kappa shape index (κ2) is 10.1. The summed E-state index contributed by atoms with van der Waals surface area (Å²) < 4.78 is 0. The van der Waals surface area contributed by atoms with Gasteiger partial charge in [0.05, 0.1) is 11.6 Å². The second-order valence-corrected chi connectivity index (χ2v) is 5.43. The quantitative estimate of drug-likeness (QED) is 0.341. The molecule has 0 saturated carbocycles. The maximum atomic E-state index is 10.6. The number of amides is 1. The first-order valence-corrected chi connectivity index (χ1v) is 8.44. The number of amidine groups is 1. The van der Waals surface area contributed by atoms with Crippen LogP contribution in [0.5, 0.6) is 0 Å². The molecule has 0 aliphatic carbocycles. The Morgan fingerprint density at radius 1 is 1.08 bits per heavy atom. The first kappa shape index (κ1) is 18.5. The molecule has 0 spiro atoms. The van der Waals surface area contributed by atoms with Crippen LogP contribution in [0.4, 0.5) is 0 Å². The number of benzene rings is 2. The number of carbonyl (C=O) groups excluding carboxylic acids is 1. The van der Waals surface area contributed by atoms with E-state index in [0.29, 0.717) is 17.8 Å². The Hall–Kier alpha value is -2.84. The Balaban J connectivity index is 2.40. The highest BCUT2D eigenvalue weighted by molar-refractivity contribution is 9.12. The molecule has 2 N–H and O–H groups in total. The van der Waals surface area contributed by atoms with Crippen LogP contribution < -0.4 is 10.6 Å². The lowest BCUT2D eigenvalue weighted by Crippen LogP contribution is -2.31. The minimum Gasteiger partial charge on any atom is -0.358 e. The van der Waals surface area contributed by atoms with Gasteiger partial charge in [-0.15, -0.1) is 0 Å². The molecule has 0 fully saturated rings. The molecular formula is C20H18BrN3O. The molecule has 0 atom stereocenters. The average Bonchev–Trinajstić information content (AvgIpc) is 2.68. The molecule has 0 unspecified atom stereocenters. The normalized spacial score (nSPS) is 11.5. The fourth-order valence-corrected chi connectivity index (χ4v) is 2.60. The van der Waals surface area contributed by atoms with Crippen LogP contribution >= 0.6 is 15.9 Å². The van der Waals surface area contributed by atoms with Crippen molar-refractivity contribution < 1.29 is 4.79 Å². The second-order valence-electron chi connectivity index (χ2n) is 5.03. The third-order valence-corrected chi connectivity index (χ3v) is 3.70. The first-order valence-electron chi connectivity index (χ1n) is 7.65. The summed E-state index contributed by atoms with van der Waals surface area (Å²) in [6.07, 6.45) is 2.11. The molecule has 0 saturated heterocycles.